The fourth-order valence-electron chi connectivity index (χ4n) is 2.62. The smallest absolute Gasteiger partial charge is 0.245 e. The highest BCUT2D eigenvalue weighted by atomic mass is 35.5. The zero-order chi connectivity index (χ0) is 14.8. The Bertz CT molecular complexity index is 577. The van der Waals surface area contributed by atoms with Gasteiger partial charge in [-0.1, -0.05) is 11.6 Å². The first kappa shape index (κ1) is 15.6. The van der Waals surface area contributed by atoms with Crippen LogP contribution in [-0.2, 0) is 10.0 Å². The Morgan fingerprint density at radius 3 is 2.85 bits per heavy atom. The molecule has 0 aromatic heterocycles. The highest BCUT2D eigenvalue weighted by Crippen LogP contribution is 2.31. The molecule has 1 fully saturated rings. The highest BCUT2D eigenvalue weighted by Gasteiger charge is 2.35. The third kappa shape index (κ3) is 3.09. The van der Waals surface area contributed by atoms with Crippen LogP contribution in [0.4, 0.5) is 5.69 Å². The molecule has 0 amide bonds. The van der Waals surface area contributed by atoms with Gasteiger partial charge in [0.05, 0.1) is 5.69 Å². The summed E-state index contributed by atoms with van der Waals surface area (Å²) >= 11 is 5.81. The molecule has 2 rings (SSSR count). The maximum Gasteiger partial charge on any atom is 0.245 e. The number of hydrogen-bond donors (Lipinski definition) is 2. The van der Waals surface area contributed by atoms with E-state index >= 15 is 0 Å². The van der Waals surface area contributed by atoms with Gasteiger partial charge >= 0.3 is 0 Å². The molecule has 0 spiro atoms. The summed E-state index contributed by atoms with van der Waals surface area (Å²) in [6.07, 6.45) is 2.94. The van der Waals surface area contributed by atoms with E-state index in [2.05, 4.69) is 0 Å². The first-order valence-electron chi connectivity index (χ1n) is 6.64. The summed E-state index contributed by atoms with van der Waals surface area (Å²) in [4.78, 5) is 0.109. The van der Waals surface area contributed by atoms with E-state index in [0.29, 0.717) is 24.4 Å². The second-order valence-electron chi connectivity index (χ2n) is 4.96. The van der Waals surface area contributed by atoms with E-state index in [1.807, 2.05) is 0 Å². The number of halogens is 1. The Morgan fingerprint density at radius 2 is 2.20 bits per heavy atom. The van der Waals surface area contributed by atoms with Gasteiger partial charge in [-0.15, -0.1) is 0 Å². The molecule has 7 heteroatoms. The van der Waals surface area contributed by atoms with Gasteiger partial charge in [-0.25, -0.2) is 8.42 Å². The molecule has 1 atom stereocenters. The number of aliphatic hydroxyl groups is 1. The quantitative estimate of drug-likeness (QED) is 0.811. The Hall–Kier alpha value is -0.820. The monoisotopic (exact) mass is 318 g/mol. The standard InChI is InChI=1S/C13H19ClN2O3S/c14-10-5-6-13(12(15)9-10)20(18,19)16-7-1-3-11(16)4-2-8-17/h5-6,9,11,17H,1-4,7-8,15H2. The molecule has 1 aliphatic rings. The maximum atomic E-state index is 12.7. The molecule has 1 aromatic carbocycles. The van der Waals surface area contributed by atoms with Crippen molar-refractivity contribution in [2.45, 2.75) is 36.6 Å². The van der Waals surface area contributed by atoms with E-state index in [0.717, 1.165) is 12.8 Å². The van der Waals surface area contributed by atoms with Gasteiger partial charge in [0.1, 0.15) is 4.90 Å². The molecule has 20 heavy (non-hydrogen) atoms. The number of anilines is 1. The van der Waals surface area contributed by atoms with Crippen molar-refractivity contribution < 1.29 is 13.5 Å². The lowest BCUT2D eigenvalue weighted by Crippen LogP contribution is -2.36. The Labute approximate surface area is 124 Å². The van der Waals surface area contributed by atoms with E-state index in [4.69, 9.17) is 22.4 Å². The first-order chi connectivity index (χ1) is 9.46. The first-order valence-corrected chi connectivity index (χ1v) is 8.46. The second-order valence-corrected chi connectivity index (χ2v) is 7.26. The van der Waals surface area contributed by atoms with Gasteiger partial charge in [0.2, 0.25) is 10.0 Å². The number of rotatable bonds is 5. The van der Waals surface area contributed by atoms with Crippen LogP contribution in [0.2, 0.25) is 5.02 Å². The van der Waals surface area contributed by atoms with Gasteiger partial charge in [-0.3, -0.25) is 0 Å². The van der Waals surface area contributed by atoms with Crippen LogP contribution in [0, 0.1) is 0 Å². The third-order valence-corrected chi connectivity index (χ3v) is 5.84. The van der Waals surface area contributed by atoms with Crippen molar-refractivity contribution in [1.82, 2.24) is 4.31 Å². The lowest BCUT2D eigenvalue weighted by molar-refractivity contribution is 0.264. The molecule has 0 saturated carbocycles. The molecule has 1 saturated heterocycles. The number of nitrogen functional groups attached to an aromatic ring is 1. The van der Waals surface area contributed by atoms with Crippen molar-refractivity contribution in [3.63, 3.8) is 0 Å². The molecular formula is C13H19ClN2O3S. The zero-order valence-corrected chi connectivity index (χ0v) is 12.7. The molecule has 0 aliphatic carbocycles. The van der Waals surface area contributed by atoms with Gasteiger partial charge in [0.15, 0.2) is 0 Å². The number of nitrogens with zero attached hydrogens (tertiary/aromatic N) is 1. The van der Waals surface area contributed by atoms with Gasteiger partial charge in [0.25, 0.3) is 0 Å². The number of aliphatic hydroxyl groups excluding tert-OH is 1. The Balaban J connectivity index is 2.29. The Kier molecular flexibility index (Phi) is 4.90. The number of hydrogen-bond acceptors (Lipinski definition) is 4. The minimum Gasteiger partial charge on any atom is -0.398 e. The molecule has 3 N–H and O–H groups in total. The Morgan fingerprint density at radius 1 is 1.45 bits per heavy atom. The van der Waals surface area contributed by atoms with E-state index in [1.165, 1.54) is 22.5 Å². The lowest BCUT2D eigenvalue weighted by atomic mass is 10.1. The average Bonchev–Trinajstić information content (AvgIpc) is 2.84. The van der Waals surface area contributed by atoms with Crippen molar-refractivity contribution in [3.05, 3.63) is 23.2 Å². The van der Waals surface area contributed by atoms with E-state index in [1.54, 1.807) is 0 Å². The van der Waals surface area contributed by atoms with Gasteiger partial charge in [-0.05, 0) is 43.9 Å². The minimum absolute atomic E-state index is 0.0535. The molecule has 0 bridgehead atoms. The largest absolute Gasteiger partial charge is 0.398 e. The van der Waals surface area contributed by atoms with Crippen LogP contribution < -0.4 is 5.73 Å². The molecule has 1 heterocycles. The average molecular weight is 319 g/mol. The van der Waals surface area contributed by atoms with E-state index in [-0.39, 0.29) is 23.2 Å². The molecule has 1 aromatic rings. The van der Waals surface area contributed by atoms with E-state index < -0.39 is 10.0 Å². The molecule has 5 nitrogen and oxygen atoms in total. The third-order valence-electron chi connectivity index (χ3n) is 3.58. The zero-order valence-electron chi connectivity index (χ0n) is 11.1. The topological polar surface area (TPSA) is 83.6 Å². The maximum absolute atomic E-state index is 12.7. The van der Waals surface area contributed by atoms with Gasteiger partial charge < -0.3 is 10.8 Å². The van der Waals surface area contributed by atoms with Crippen LogP contribution in [0.5, 0.6) is 0 Å². The van der Waals surface area contributed by atoms with Crippen molar-refractivity contribution in [3.8, 4) is 0 Å². The van der Waals surface area contributed by atoms with Crippen LogP contribution in [0.15, 0.2) is 23.1 Å². The van der Waals surface area contributed by atoms with Gasteiger partial charge in [0, 0.05) is 24.2 Å². The van der Waals surface area contributed by atoms with Crippen molar-refractivity contribution in [2.24, 2.45) is 0 Å². The van der Waals surface area contributed by atoms with Crippen LogP contribution >= 0.6 is 11.6 Å². The predicted octanol–water partition coefficient (Wildman–Crippen LogP) is 1.85. The summed E-state index contributed by atoms with van der Waals surface area (Å²) in [5, 5.41) is 9.32. The van der Waals surface area contributed by atoms with E-state index in [9.17, 15) is 8.42 Å². The predicted molar refractivity (Wildman–Crippen MR) is 79.1 cm³/mol. The normalized spacial score (nSPS) is 20.4. The summed E-state index contributed by atoms with van der Waals surface area (Å²) in [6.45, 7) is 0.577. The second kappa shape index (κ2) is 6.30. The molecule has 112 valence electrons. The van der Waals surface area contributed by atoms with Crippen molar-refractivity contribution in [2.75, 3.05) is 18.9 Å². The van der Waals surface area contributed by atoms with Crippen LogP contribution in [0.25, 0.3) is 0 Å². The summed E-state index contributed by atoms with van der Waals surface area (Å²) in [6, 6.07) is 4.38. The summed E-state index contributed by atoms with van der Waals surface area (Å²) < 4.78 is 26.9. The molecular weight excluding hydrogens is 300 g/mol. The summed E-state index contributed by atoms with van der Waals surface area (Å²) in [5.74, 6) is 0. The molecule has 1 unspecified atom stereocenters. The number of sulfonamides is 1. The highest BCUT2D eigenvalue weighted by molar-refractivity contribution is 7.89. The van der Waals surface area contributed by atoms with Crippen LogP contribution in [-0.4, -0.2) is 37.0 Å². The fourth-order valence-corrected chi connectivity index (χ4v) is 4.62. The summed E-state index contributed by atoms with van der Waals surface area (Å²) in [7, 11) is -3.60. The van der Waals surface area contributed by atoms with Crippen LogP contribution in [0.3, 0.4) is 0 Å². The number of nitrogens with two attached hydrogens (primary N) is 1. The van der Waals surface area contributed by atoms with Gasteiger partial charge in [-0.2, -0.15) is 4.31 Å². The molecule has 0 radical (unpaired) electrons. The SMILES string of the molecule is Nc1cc(Cl)ccc1S(=O)(=O)N1CCCC1CCCO. The number of benzene rings is 1. The van der Waals surface area contributed by atoms with Crippen molar-refractivity contribution in [1.29, 1.82) is 0 Å². The molecule has 1 aliphatic heterocycles. The minimum atomic E-state index is -3.60. The fraction of sp³-hybridized carbons (Fsp3) is 0.538. The van der Waals surface area contributed by atoms with Crippen LogP contribution in [0.1, 0.15) is 25.7 Å². The summed E-state index contributed by atoms with van der Waals surface area (Å²) in [5.41, 5.74) is 5.96. The lowest BCUT2D eigenvalue weighted by Gasteiger charge is -2.24. The van der Waals surface area contributed by atoms with Crippen molar-refractivity contribution >= 4 is 27.3 Å².